The standard InChI is InChI=1S/C26H32N6O.HI/c1-3-25(33)32-14-12-23(18-32)30-26(27-2)29-16-22-6-4-5-7-24(22)21-10-8-20(9-11-21)17-31-15-13-28-19-31;/h4-11,13,15,19,23H,3,12,14,16-18H2,1-2H3,(H2,27,29,30);1H. The van der Waals surface area contributed by atoms with Gasteiger partial charge < -0.3 is 20.1 Å². The van der Waals surface area contributed by atoms with Crippen molar-refractivity contribution >= 4 is 35.8 Å². The van der Waals surface area contributed by atoms with Crippen LogP contribution in [0.2, 0.25) is 0 Å². The van der Waals surface area contributed by atoms with Gasteiger partial charge in [-0.05, 0) is 28.7 Å². The van der Waals surface area contributed by atoms with Crippen LogP contribution < -0.4 is 10.6 Å². The maximum Gasteiger partial charge on any atom is 0.222 e. The van der Waals surface area contributed by atoms with E-state index in [9.17, 15) is 4.79 Å². The number of nitrogens with one attached hydrogen (secondary N) is 2. The minimum absolute atomic E-state index is 0. The zero-order valence-electron chi connectivity index (χ0n) is 19.8. The second-order valence-electron chi connectivity index (χ2n) is 8.34. The summed E-state index contributed by atoms with van der Waals surface area (Å²) in [6.07, 6.45) is 7.10. The second kappa shape index (κ2) is 12.5. The van der Waals surface area contributed by atoms with Crippen molar-refractivity contribution in [3.63, 3.8) is 0 Å². The predicted molar refractivity (Wildman–Crippen MR) is 147 cm³/mol. The first kappa shape index (κ1) is 25.7. The van der Waals surface area contributed by atoms with Gasteiger partial charge in [0.1, 0.15) is 0 Å². The number of imidazole rings is 1. The fraction of sp³-hybridized carbons (Fsp3) is 0.346. The van der Waals surface area contributed by atoms with Crippen molar-refractivity contribution in [2.45, 2.75) is 38.9 Å². The number of carbonyl (C=O) groups excluding carboxylic acids is 1. The summed E-state index contributed by atoms with van der Waals surface area (Å²) >= 11 is 0. The van der Waals surface area contributed by atoms with Crippen molar-refractivity contribution in [3.05, 3.63) is 78.4 Å². The van der Waals surface area contributed by atoms with E-state index in [2.05, 4.69) is 73.7 Å². The molecule has 34 heavy (non-hydrogen) atoms. The molecule has 1 aliphatic heterocycles. The van der Waals surface area contributed by atoms with Gasteiger partial charge in [-0.1, -0.05) is 55.5 Å². The van der Waals surface area contributed by atoms with Crippen LogP contribution in [-0.4, -0.2) is 52.5 Å². The first-order valence-corrected chi connectivity index (χ1v) is 11.5. The number of aromatic nitrogens is 2. The molecule has 2 heterocycles. The third-order valence-electron chi connectivity index (χ3n) is 6.06. The Balaban J connectivity index is 0.00000324. The average molecular weight is 572 g/mol. The van der Waals surface area contributed by atoms with Crippen molar-refractivity contribution in [2.24, 2.45) is 4.99 Å². The molecule has 7 nitrogen and oxygen atoms in total. The molecule has 0 aliphatic carbocycles. The lowest BCUT2D eigenvalue weighted by Crippen LogP contribution is -2.44. The molecule has 0 saturated carbocycles. The molecule has 1 saturated heterocycles. The molecule has 1 aromatic heterocycles. The van der Waals surface area contributed by atoms with Gasteiger partial charge in [-0.2, -0.15) is 0 Å². The Hall–Kier alpha value is -2.88. The third-order valence-corrected chi connectivity index (χ3v) is 6.06. The Bertz CT molecular complexity index is 1080. The Morgan fingerprint density at radius 2 is 1.97 bits per heavy atom. The van der Waals surface area contributed by atoms with Crippen molar-refractivity contribution in [1.29, 1.82) is 0 Å². The molecule has 0 bridgehead atoms. The molecule has 2 N–H and O–H groups in total. The van der Waals surface area contributed by atoms with Crippen molar-refractivity contribution in [2.75, 3.05) is 20.1 Å². The number of hydrogen-bond acceptors (Lipinski definition) is 3. The topological polar surface area (TPSA) is 74.6 Å². The quantitative estimate of drug-likeness (QED) is 0.256. The number of hydrogen-bond donors (Lipinski definition) is 2. The minimum Gasteiger partial charge on any atom is -0.352 e. The molecule has 1 fully saturated rings. The van der Waals surface area contributed by atoms with Gasteiger partial charge in [-0.15, -0.1) is 24.0 Å². The minimum atomic E-state index is 0. The lowest BCUT2D eigenvalue weighted by molar-refractivity contribution is -0.129. The van der Waals surface area contributed by atoms with Gasteiger partial charge in [0.25, 0.3) is 0 Å². The van der Waals surface area contributed by atoms with Crippen LogP contribution in [0.4, 0.5) is 0 Å². The highest BCUT2D eigenvalue weighted by molar-refractivity contribution is 14.0. The largest absolute Gasteiger partial charge is 0.352 e. The van der Waals surface area contributed by atoms with Gasteiger partial charge in [0.15, 0.2) is 5.96 Å². The molecule has 0 radical (unpaired) electrons. The molecule has 1 amide bonds. The van der Waals surface area contributed by atoms with Crippen molar-refractivity contribution in [3.8, 4) is 11.1 Å². The zero-order chi connectivity index (χ0) is 23.0. The molecule has 1 atom stereocenters. The summed E-state index contributed by atoms with van der Waals surface area (Å²) in [5.74, 6) is 0.975. The summed E-state index contributed by atoms with van der Waals surface area (Å²) in [5, 5.41) is 6.92. The molecular weight excluding hydrogens is 539 g/mol. The summed E-state index contributed by atoms with van der Waals surface area (Å²) in [6.45, 7) is 4.93. The third kappa shape index (κ3) is 6.59. The van der Waals surface area contributed by atoms with Gasteiger partial charge in [-0.25, -0.2) is 4.98 Å². The van der Waals surface area contributed by atoms with Gasteiger partial charge in [0.2, 0.25) is 5.91 Å². The Kier molecular flexibility index (Phi) is 9.50. The van der Waals surface area contributed by atoms with E-state index < -0.39 is 0 Å². The number of guanidine groups is 1. The predicted octanol–water partition coefficient (Wildman–Crippen LogP) is 3.89. The molecule has 4 rings (SSSR count). The Labute approximate surface area is 218 Å². The average Bonchev–Trinajstić information content (AvgIpc) is 3.54. The maximum atomic E-state index is 11.9. The van der Waals surface area contributed by atoms with E-state index in [1.54, 1.807) is 13.2 Å². The van der Waals surface area contributed by atoms with Gasteiger partial charge in [0.05, 0.1) is 6.33 Å². The molecule has 8 heteroatoms. The van der Waals surface area contributed by atoms with Crippen LogP contribution in [0.1, 0.15) is 30.9 Å². The zero-order valence-corrected chi connectivity index (χ0v) is 22.1. The highest BCUT2D eigenvalue weighted by atomic mass is 127. The normalized spacial score (nSPS) is 15.6. The molecule has 1 aliphatic rings. The number of rotatable bonds is 7. The van der Waals surface area contributed by atoms with E-state index in [0.717, 1.165) is 32.0 Å². The lowest BCUT2D eigenvalue weighted by Gasteiger charge is -2.19. The first-order chi connectivity index (χ1) is 16.2. The lowest BCUT2D eigenvalue weighted by atomic mass is 9.98. The molecule has 1 unspecified atom stereocenters. The second-order valence-corrected chi connectivity index (χ2v) is 8.34. The van der Waals surface area contributed by atoms with Crippen LogP contribution in [0.5, 0.6) is 0 Å². The SMILES string of the molecule is CCC(=O)N1CCC(NC(=NC)NCc2ccccc2-c2ccc(Cn3ccnc3)cc2)C1.I. The summed E-state index contributed by atoms with van der Waals surface area (Å²) in [4.78, 5) is 22.4. The smallest absolute Gasteiger partial charge is 0.222 e. The van der Waals surface area contributed by atoms with Crippen molar-refractivity contribution < 1.29 is 4.79 Å². The van der Waals surface area contributed by atoms with Gasteiger partial charge in [0, 0.05) is 58.1 Å². The highest BCUT2D eigenvalue weighted by Crippen LogP contribution is 2.24. The van der Waals surface area contributed by atoms with Crippen LogP contribution in [0.15, 0.2) is 72.2 Å². The fourth-order valence-corrected chi connectivity index (χ4v) is 4.23. The van der Waals surface area contributed by atoms with Crippen LogP contribution in [-0.2, 0) is 17.9 Å². The van der Waals surface area contributed by atoms with E-state index in [0.29, 0.717) is 13.0 Å². The molecule has 3 aromatic rings. The van der Waals surface area contributed by atoms with Crippen LogP contribution in [0.25, 0.3) is 11.1 Å². The van der Waals surface area contributed by atoms with Crippen molar-refractivity contribution in [1.82, 2.24) is 25.1 Å². The van der Waals surface area contributed by atoms with E-state index in [1.807, 2.05) is 24.3 Å². The van der Waals surface area contributed by atoms with Crippen LogP contribution in [0, 0.1) is 0 Å². The summed E-state index contributed by atoms with van der Waals surface area (Å²) in [6, 6.07) is 17.4. The summed E-state index contributed by atoms with van der Waals surface area (Å²) in [5.41, 5.74) is 4.84. The summed E-state index contributed by atoms with van der Waals surface area (Å²) in [7, 11) is 1.78. The van der Waals surface area contributed by atoms with E-state index in [4.69, 9.17) is 0 Å². The Morgan fingerprint density at radius 3 is 2.68 bits per heavy atom. The number of carbonyl (C=O) groups is 1. The highest BCUT2D eigenvalue weighted by Gasteiger charge is 2.25. The summed E-state index contributed by atoms with van der Waals surface area (Å²) < 4.78 is 2.06. The monoisotopic (exact) mass is 572 g/mol. The van der Waals surface area contributed by atoms with Crippen LogP contribution >= 0.6 is 24.0 Å². The number of amides is 1. The fourth-order valence-electron chi connectivity index (χ4n) is 4.23. The molecular formula is C26H33IN6O. The van der Waals surface area contributed by atoms with Gasteiger partial charge >= 0.3 is 0 Å². The number of halogens is 1. The molecule has 180 valence electrons. The number of benzene rings is 2. The molecule has 2 aromatic carbocycles. The van der Waals surface area contributed by atoms with E-state index in [1.165, 1.54) is 22.3 Å². The van der Waals surface area contributed by atoms with Crippen LogP contribution in [0.3, 0.4) is 0 Å². The van der Waals surface area contributed by atoms with Gasteiger partial charge in [-0.3, -0.25) is 9.79 Å². The first-order valence-electron chi connectivity index (χ1n) is 11.5. The number of nitrogens with zero attached hydrogens (tertiary/aromatic N) is 4. The number of aliphatic imine (C=N–C) groups is 1. The van der Waals surface area contributed by atoms with E-state index in [-0.39, 0.29) is 35.9 Å². The number of likely N-dealkylation sites (tertiary alicyclic amines) is 1. The molecule has 0 spiro atoms. The van der Waals surface area contributed by atoms with E-state index >= 15 is 0 Å². The Morgan fingerprint density at radius 1 is 1.18 bits per heavy atom. The maximum absolute atomic E-state index is 11.9.